The van der Waals surface area contributed by atoms with E-state index in [0.29, 0.717) is 60.4 Å². The molecule has 0 fully saturated rings. The predicted molar refractivity (Wildman–Crippen MR) is 202 cm³/mol. The summed E-state index contributed by atoms with van der Waals surface area (Å²) in [7, 11) is 0. The van der Waals surface area contributed by atoms with Gasteiger partial charge in [0.05, 0.1) is 62.0 Å². The summed E-state index contributed by atoms with van der Waals surface area (Å²) in [5.74, 6) is 0.538. The van der Waals surface area contributed by atoms with Crippen LogP contribution in [-0.2, 0) is 13.1 Å². The molecular weight excluding hydrogens is 664 g/mol. The third kappa shape index (κ3) is 12.9. The molecule has 14 nitrogen and oxygen atoms in total. The molecule has 0 saturated carbocycles. The van der Waals surface area contributed by atoms with Crippen molar-refractivity contribution in [2.24, 2.45) is 22.1 Å². The lowest BCUT2D eigenvalue weighted by molar-refractivity contribution is 0.102. The van der Waals surface area contributed by atoms with Crippen LogP contribution in [0.4, 0.5) is 11.4 Å². The standard InChI is InChI=1S/C38H50N8O6/c1-7-9-15-49-33-13-11-27(21-41-45-39)17-31(33)43-37(47)29-19-30(36(52-24-26(5)6)20-35(29)51-23-25(3)4)38(48)44-32-18-28(22-42-46-40)12-14-34(32)50-16-10-8-2/h11-14,17-20,25-26H,7-10,15-16,21-24H2,1-6H3,(H,43,47)(H,44,48). The number of ether oxygens (including phenoxy) is 4. The van der Waals surface area contributed by atoms with Gasteiger partial charge in [0.25, 0.3) is 11.8 Å². The average molecular weight is 715 g/mol. The van der Waals surface area contributed by atoms with E-state index in [2.05, 4.69) is 44.5 Å². The Balaban J connectivity index is 2.13. The molecule has 0 atom stereocenters. The Morgan fingerprint density at radius 2 is 1.06 bits per heavy atom. The molecule has 3 aromatic carbocycles. The Kier molecular flexibility index (Phi) is 17.0. The summed E-state index contributed by atoms with van der Waals surface area (Å²) in [6, 6.07) is 13.4. The first-order valence-electron chi connectivity index (χ1n) is 17.7. The summed E-state index contributed by atoms with van der Waals surface area (Å²) in [5.41, 5.74) is 20.0. The van der Waals surface area contributed by atoms with Crippen molar-refractivity contribution in [3.63, 3.8) is 0 Å². The Labute approximate surface area is 305 Å². The molecule has 0 bridgehead atoms. The molecule has 0 aliphatic carbocycles. The molecule has 2 N–H and O–H groups in total. The number of hydrogen-bond acceptors (Lipinski definition) is 8. The normalized spacial score (nSPS) is 10.6. The van der Waals surface area contributed by atoms with Crippen molar-refractivity contribution in [3.05, 3.63) is 91.7 Å². The highest BCUT2D eigenvalue weighted by Crippen LogP contribution is 2.35. The minimum absolute atomic E-state index is 0.0811. The zero-order chi connectivity index (χ0) is 37.9. The highest BCUT2D eigenvalue weighted by atomic mass is 16.5. The van der Waals surface area contributed by atoms with E-state index in [4.69, 9.17) is 30.0 Å². The van der Waals surface area contributed by atoms with Gasteiger partial charge in [-0.2, -0.15) is 0 Å². The van der Waals surface area contributed by atoms with E-state index in [-0.39, 0.29) is 47.6 Å². The Morgan fingerprint density at radius 3 is 1.42 bits per heavy atom. The van der Waals surface area contributed by atoms with Crippen LogP contribution in [0.3, 0.4) is 0 Å². The van der Waals surface area contributed by atoms with Gasteiger partial charge < -0.3 is 29.6 Å². The van der Waals surface area contributed by atoms with E-state index in [1.165, 1.54) is 6.07 Å². The maximum Gasteiger partial charge on any atom is 0.259 e. The van der Waals surface area contributed by atoms with Crippen molar-refractivity contribution in [3.8, 4) is 23.0 Å². The summed E-state index contributed by atoms with van der Waals surface area (Å²) >= 11 is 0. The summed E-state index contributed by atoms with van der Waals surface area (Å²) in [6.45, 7) is 13.7. The molecule has 0 saturated heterocycles. The molecule has 0 spiro atoms. The van der Waals surface area contributed by atoms with E-state index in [1.54, 1.807) is 42.5 Å². The predicted octanol–water partition coefficient (Wildman–Crippen LogP) is 10.2. The van der Waals surface area contributed by atoms with Gasteiger partial charge in [-0.1, -0.05) is 76.7 Å². The number of nitrogens with one attached hydrogen (secondary N) is 2. The molecule has 3 aromatic rings. The minimum Gasteiger partial charge on any atom is -0.492 e. The SMILES string of the molecule is CCCCOc1ccc(CN=[N+]=[N-])cc1NC(=O)c1cc(C(=O)Nc2cc(CN=[N+]=[N-])ccc2OCCCC)c(OCC(C)C)cc1OCC(C)C. The van der Waals surface area contributed by atoms with Gasteiger partial charge in [-0.05, 0) is 77.2 Å². The van der Waals surface area contributed by atoms with Gasteiger partial charge in [0.2, 0.25) is 0 Å². The summed E-state index contributed by atoms with van der Waals surface area (Å²) in [4.78, 5) is 34.1. The molecule has 14 heteroatoms. The Bertz CT molecular complexity index is 1630. The van der Waals surface area contributed by atoms with E-state index >= 15 is 0 Å². The van der Waals surface area contributed by atoms with E-state index < -0.39 is 11.8 Å². The van der Waals surface area contributed by atoms with E-state index in [9.17, 15) is 9.59 Å². The van der Waals surface area contributed by atoms with Crippen molar-refractivity contribution in [1.29, 1.82) is 0 Å². The molecule has 278 valence electrons. The van der Waals surface area contributed by atoms with Crippen LogP contribution in [-0.4, -0.2) is 38.2 Å². The van der Waals surface area contributed by atoms with Crippen LogP contribution < -0.4 is 29.6 Å². The van der Waals surface area contributed by atoms with Crippen LogP contribution in [0.5, 0.6) is 23.0 Å². The fraction of sp³-hybridized carbons (Fsp3) is 0.474. The number of amides is 2. The molecule has 0 unspecified atom stereocenters. The summed E-state index contributed by atoms with van der Waals surface area (Å²) in [5, 5.41) is 13.2. The second-order valence-electron chi connectivity index (χ2n) is 13.0. The van der Waals surface area contributed by atoms with Crippen molar-refractivity contribution in [1.82, 2.24) is 0 Å². The van der Waals surface area contributed by atoms with Crippen molar-refractivity contribution in [2.75, 3.05) is 37.1 Å². The van der Waals surface area contributed by atoms with Gasteiger partial charge in [0, 0.05) is 15.9 Å². The van der Waals surface area contributed by atoms with Crippen molar-refractivity contribution in [2.45, 2.75) is 80.3 Å². The lowest BCUT2D eigenvalue weighted by Gasteiger charge is -2.20. The second kappa shape index (κ2) is 21.6. The number of benzene rings is 3. The van der Waals surface area contributed by atoms with Gasteiger partial charge in [-0.25, -0.2) is 0 Å². The average Bonchev–Trinajstić information content (AvgIpc) is 3.12. The van der Waals surface area contributed by atoms with E-state index in [0.717, 1.165) is 25.7 Å². The first-order valence-corrected chi connectivity index (χ1v) is 17.7. The number of carbonyl (C=O) groups excluding carboxylic acids is 2. The smallest absolute Gasteiger partial charge is 0.259 e. The zero-order valence-electron chi connectivity index (χ0n) is 31.0. The number of carbonyl (C=O) groups is 2. The van der Waals surface area contributed by atoms with Gasteiger partial charge in [0.15, 0.2) is 0 Å². The highest BCUT2D eigenvalue weighted by molar-refractivity contribution is 6.12. The highest BCUT2D eigenvalue weighted by Gasteiger charge is 2.24. The van der Waals surface area contributed by atoms with Crippen molar-refractivity contribution < 1.29 is 28.5 Å². The third-order valence-electron chi connectivity index (χ3n) is 7.44. The fourth-order valence-electron chi connectivity index (χ4n) is 4.72. The van der Waals surface area contributed by atoms with Gasteiger partial charge in [-0.15, -0.1) is 0 Å². The zero-order valence-corrected chi connectivity index (χ0v) is 31.0. The second-order valence-corrected chi connectivity index (χ2v) is 13.0. The van der Waals surface area contributed by atoms with Crippen LogP contribution in [0.2, 0.25) is 0 Å². The lowest BCUT2D eigenvalue weighted by atomic mass is 10.1. The number of unbranched alkanes of at least 4 members (excludes halogenated alkanes) is 2. The lowest BCUT2D eigenvalue weighted by Crippen LogP contribution is -2.20. The molecular formula is C38H50N8O6. The molecule has 0 heterocycles. The monoisotopic (exact) mass is 714 g/mol. The quantitative estimate of drug-likeness (QED) is 0.0450. The molecule has 0 aromatic heterocycles. The van der Waals surface area contributed by atoms with Gasteiger partial charge in [-0.3, -0.25) is 9.59 Å². The molecule has 52 heavy (non-hydrogen) atoms. The van der Waals surface area contributed by atoms with Crippen LogP contribution in [0, 0.1) is 11.8 Å². The number of hydrogen-bond donors (Lipinski definition) is 2. The van der Waals surface area contributed by atoms with Crippen molar-refractivity contribution >= 4 is 23.2 Å². The topological polar surface area (TPSA) is 193 Å². The first-order chi connectivity index (χ1) is 25.1. The van der Waals surface area contributed by atoms with Crippen LogP contribution in [0.1, 0.15) is 99.1 Å². The minimum atomic E-state index is -0.551. The molecule has 2 amide bonds. The Morgan fingerprint density at radius 1 is 0.635 bits per heavy atom. The van der Waals surface area contributed by atoms with Gasteiger partial charge in [0.1, 0.15) is 23.0 Å². The molecule has 0 radical (unpaired) electrons. The largest absolute Gasteiger partial charge is 0.492 e. The number of azide groups is 2. The number of nitrogens with zero attached hydrogens (tertiary/aromatic N) is 6. The number of anilines is 2. The third-order valence-corrected chi connectivity index (χ3v) is 7.44. The first kappa shape index (κ1) is 40.8. The summed E-state index contributed by atoms with van der Waals surface area (Å²) < 4.78 is 24.3. The number of rotatable bonds is 22. The van der Waals surface area contributed by atoms with Crippen LogP contribution >= 0.6 is 0 Å². The van der Waals surface area contributed by atoms with Crippen LogP contribution in [0.15, 0.2) is 58.8 Å². The molecule has 0 aliphatic heterocycles. The van der Waals surface area contributed by atoms with Crippen LogP contribution in [0.25, 0.3) is 20.9 Å². The summed E-state index contributed by atoms with van der Waals surface area (Å²) in [6.07, 6.45) is 3.48. The molecule has 3 rings (SSSR count). The Hall–Kier alpha value is -5.58. The maximum absolute atomic E-state index is 14.2. The molecule has 0 aliphatic rings. The maximum atomic E-state index is 14.2. The van der Waals surface area contributed by atoms with E-state index in [1.807, 2.05) is 27.7 Å². The fourth-order valence-corrected chi connectivity index (χ4v) is 4.72. The van der Waals surface area contributed by atoms with Gasteiger partial charge >= 0.3 is 0 Å².